The van der Waals surface area contributed by atoms with Crippen molar-refractivity contribution in [2.24, 2.45) is 4.99 Å². The summed E-state index contributed by atoms with van der Waals surface area (Å²) >= 11 is 1.72. The second-order valence-corrected chi connectivity index (χ2v) is 7.95. The molecule has 156 valence electrons. The first-order chi connectivity index (χ1) is 13.5. The van der Waals surface area contributed by atoms with Gasteiger partial charge in [0, 0.05) is 23.3 Å². The second kappa shape index (κ2) is 10.7. The van der Waals surface area contributed by atoms with Crippen LogP contribution in [0.1, 0.15) is 39.5 Å². The standard InChI is InChI=1S/C20H27N7S.HI/c1-6-21-20(24-12-19-25-15(4)16(5)28-19)23-11-17-7-8-18(22-10-17)27-14(3)9-13(2)26-27;/h7-10H,6,11-12H2,1-5H3,(H2,21,23,24);1H. The van der Waals surface area contributed by atoms with Gasteiger partial charge in [0.15, 0.2) is 11.8 Å². The van der Waals surface area contributed by atoms with Crippen LogP contribution in [0.3, 0.4) is 0 Å². The summed E-state index contributed by atoms with van der Waals surface area (Å²) in [6.07, 6.45) is 1.85. The van der Waals surface area contributed by atoms with E-state index in [4.69, 9.17) is 0 Å². The molecule has 0 aromatic carbocycles. The predicted octanol–water partition coefficient (Wildman–Crippen LogP) is 3.83. The Bertz CT molecular complexity index is 940. The summed E-state index contributed by atoms with van der Waals surface area (Å²) in [6.45, 7) is 12.2. The number of thiazole rings is 1. The Morgan fingerprint density at radius 1 is 1.17 bits per heavy atom. The van der Waals surface area contributed by atoms with Crippen LogP contribution in [0.5, 0.6) is 0 Å². The molecule has 3 aromatic rings. The summed E-state index contributed by atoms with van der Waals surface area (Å²) in [6, 6.07) is 6.06. The number of aromatic nitrogens is 4. The van der Waals surface area contributed by atoms with Gasteiger partial charge in [0.25, 0.3) is 0 Å². The van der Waals surface area contributed by atoms with Crippen LogP contribution >= 0.6 is 35.3 Å². The molecule has 3 rings (SSSR count). The van der Waals surface area contributed by atoms with Crippen molar-refractivity contribution in [3.63, 3.8) is 0 Å². The first-order valence-corrected chi connectivity index (χ1v) is 10.2. The normalized spacial score (nSPS) is 11.3. The molecule has 0 aliphatic heterocycles. The predicted molar refractivity (Wildman–Crippen MR) is 129 cm³/mol. The fraction of sp³-hybridized carbons (Fsp3) is 0.400. The summed E-state index contributed by atoms with van der Waals surface area (Å²) in [5.41, 5.74) is 4.20. The summed E-state index contributed by atoms with van der Waals surface area (Å²) in [7, 11) is 0. The average Bonchev–Trinajstić information content (AvgIpc) is 3.18. The molecule has 0 aliphatic carbocycles. The first kappa shape index (κ1) is 23.3. The molecule has 3 heterocycles. The maximum Gasteiger partial charge on any atom is 0.191 e. The van der Waals surface area contributed by atoms with Crippen molar-refractivity contribution in [2.45, 2.75) is 47.7 Å². The quantitative estimate of drug-likeness (QED) is 0.291. The Hall–Kier alpha value is -2.01. The maximum atomic E-state index is 4.66. The van der Waals surface area contributed by atoms with Crippen LogP contribution < -0.4 is 10.6 Å². The Kier molecular flexibility index (Phi) is 8.57. The van der Waals surface area contributed by atoms with Gasteiger partial charge in [-0.1, -0.05) is 6.07 Å². The van der Waals surface area contributed by atoms with Crippen LogP contribution in [0.2, 0.25) is 0 Å². The summed E-state index contributed by atoms with van der Waals surface area (Å²) < 4.78 is 1.85. The van der Waals surface area contributed by atoms with Crippen LogP contribution in [0.25, 0.3) is 5.82 Å². The molecule has 29 heavy (non-hydrogen) atoms. The monoisotopic (exact) mass is 525 g/mol. The zero-order valence-electron chi connectivity index (χ0n) is 17.5. The van der Waals surface area contributed by atoms with E-state index >= 15 is 0 Å². The van der Waals surface area contributed by atoms with Gasteiger partial charge in [-0.05, 0) is 52.3 Å². The van der Waals surface area contributed by atoms with E-state index in [0.717, 1.165) is 46.0 Å². The summed E-state index contributed by atoms with van der Waals surface area (Å²) in [4.78, 5) is 15.0. The maximum absolute atomic E-state index is 4.66. The fourth-order valence-corrected chi connectivity index (χ4v) is 3.66. The van der Waals surface area contributed by atoms with Crippen LogP contribution in [0, 0.1) is 27.7 Å². The molecule has 0 saturated carbocycles. The fourth-order valence-electron chi connectivity index (χ4n) is 2.78. The molecule has 7 nitrogen and oxygen atoms in total. The van der Waals surface area contributed by atoms with Crippen molar-refractivity contribution < 1.29 is 0 Å². The van der Waals surface area contributed by atoms with Gasteiger partial charge in [-0.3, -0.25) is 0 Å². The number of guanidine groups is 1. The van der Waals surface area contributed by atoms with E-state index in [9.17, 15) is 0 Å². The third kappa shape index (κ3) is 6.23. The molecule has 9 heteroatoms. The van der Waals surface area contributed by atoms with Crippen LogP contribution in [-0.2, 0) is 13.1 Å². The van der Waals surface area contributed by atoms with Crippen LogP contribution in [0.4, 0.5) is 0 Å². The number of hydrogen-bond acceptors (Lipinski definition) is 5. The van der Waals surface area contributed by atoms with Crippen molar-refractivity contribution in [3.05, 3.63) is 56.9 Å². The van der Waals surface area contributed by atoms with Crippen molar-refractivity contribution in [1.82, 2.24) is 30.4 Å². The van der Waals surface area contributed by atoms with Gasteiger partial charge >= 0.3 is 0 Å². The minimum atomic E-state index is 0. The van der Waals surface area contributed by atoms with E-state index in [1.807, 2.05) is 49.8 Å². The highest BCUT2D eigenvalue weighted by Gasteiger charge is 2.06. The second-order valence-electron chi connectivity index (χ2n) is 6.66. The lowest BCUT2D eigenvalue weighted by molar-refractivity contribution is 0.798. The topological polar surface area (TPSA) is 80.0 Å². The van der Waals surface area contributed by atoms with E-state index in [0.29, 0.717) is 13.1 Å². The molecular weight excluding hydrogens is 497 g/mol. The molecule has 0 atom stereocenters. The zero-order chi connectivity index (χ0) is 20.1. The summed E-state index contributed by atoms with van der Waals surface area (Å²) in [5, 5.41) is 12.2. The molecule has 0 spiro atoms. The van der Waals surface area contributed by atoms with Crippen molar-refractivity contribution in [1.29, 1.82) is 0 Å². The van der Waals surface area contributed by atoms with Gasteiger partial charge in [0.1, 0.15) is 5.01 Å². The van der Waals surface area contributed by atoms with Crippen LogP contribution in [0.15, 0.2) is 29.4 Å². The minimum absolute atomic E-state index is 0. The molecule has 0 fully saturated rings. The number of nitrogens with zero attached hydrogens (tertiary/aromatic N) is 5. The smallest absolute Gasteiger partial charge is 0.191 e. The molecule has 2 N–H and O–H groups in total. The Morgan fingerprint density at radius 3 is 2.52 bits per heavy atom. The van der Waals surface area contributed by atoms with Gasteiger partial charge in [0.2, 0.25) is 0 Å². The molecule has 0 amide bonds. The number of nitrogens with one attached hydrogen (secondary N) is 2. The van der Waals surface area contributed by atoms with E-state index in [1.54, 1.807) is 11.3 Å². The van der Waals surface area contributed by atoms with Crippen molar-refractivity contribution >= 4 is 41.3 Å². The first-order valence-electron chi connectivity index (χ1n) is 9.40. The third-order valence-electron chi connectivity index (χ3n) is 4.28. The molecule has 0 unspecified atom stereocenters. The van der Waals surface area contributed by atoms with Crippen molar-refractivity contribution in [3.8, 4) is 5.82 Å². The van der Waals surface area contributed by atoms with E-state index in [-0.39, 0.29) is 24.0 Å². The number of rotatable bonds is 6. The largest absolute Gasteiger partial charge is 0.357 e. The molecule has 3 aromatic heterocycles. The van der Waals surface area contributed by atoms with Gasteiger partial charge in [-0.25, -0.2) is 19.6 Å². The zero-order valence-corrected chi connectivity index (χ0v) is 20.6. The molecule has 0 radical (unpaired) electrons. The SMILES string of the molecule is CCNC(=NCc1ccc(-n2nc(C)cc2C)nc1)NCc1nc(C)c(C)s1.I. The molecule has 0 aliphatic rings. The minimum Gasteiger partial charge on any atom is -0.357 e. The highest BCUT2D eigenvalue weighted by molar-refractivity contribution is 14.0. The number of pyridine rings is 1. The third-order valence-corrected chi connectivity index (χ3v) is 5.35. The lowest BCUT2D eigenvalue weighted by Crippen LogP contribution is -2.36. The lowest BCUT2D eigenvalue weighted by Gasteiger charge is -2.10. The molecule has 0 bridgehead atoms. The van der Waals surface area contributed by atoms with Gasteiger partial charge in [-0.15, -0.1) is 35.3 Å². The van der Waals surface area contributed by atoms with Crippen LogP contribution in [-0.4, -0.2) is 32.3 Å². The number of aryl methyl sites for hydroxylation is 4. The molecule has 0 saturated heterocycles. The lowest BCUT2D eigenvalue weighted by atomic mass is 10.3. The van der Waals surface area contributed by atoms with E-state index < -0.39 is 0 Å². The Morgan fingerprint density at radius 2 is 1.97 bits per heavy atom. The van der Waals surface area contributed by atoms with Gasteiger partial charge in [-0.2, -0.15) is 5.10 Å². The Labute approximate surface area is 193 Å². The van der Waals surface area contributed by atoms with E-state index in [1.165, 1.54) is 4.88 Å². The highest BCUT2D eigenvalue weighted by atomic mass is 127. The number of halogens is 1. The van der Waals surface area contributed by atoms with E-state index in [2.05, 4.69) is 44.5 Å². The summed E-state index contributed by atoms with van der Waals surface area (Å²) in [5.74, 6) is 1.59. The number of hydrogen-bond donors (Lipinski definition) is 2. The Balaban J connectivity index is 0.00000300. The van der Waals surface area contributed by atoms with Gasteiger partial charge < -0.3 is 10.6 Å². The average molecular weight is 525 g/mol. The highest BCUT2D eigenvalue weighted by Crippen LogP contribution is 2.16. The van der Waals surface area contributed by atoms with Gasteiger partial charge in [0.05, 0.1) is 24.5 Å². The molecular formula is C20H28IN7S. The van der Waals surface area contributed by atoms with Crippen molar-refractivity contribution in [2.75, 3.05) is 6.54 Å². The number of aliphatic imine (C=N–C) groups is 1.